The van der Waals surface area contributed by atoms with Crippen LogP contribution in [-0.4, -0.2) is 52.8 Å². The zero-order valence-corrected chi connectivity index (χ0v) is 24.0. The fourth-order valence-corrected chi connectivity index (χ4v) is 5.60. The van der Waals surface area contributed by atoms with Gasteiger partial charge in [0.2, 0.25) is 5.91 Å². The lowest BCUT2D eigenvalue weighted by Crippen LogP contribution is -2.42. The molecule has 1 aliphatic rings. The fraction of sp³-hybridized carbons (Fsp3) is 0.324. The summed E-state index contributed by atoms with van der Waals surface area (Å²) < 4.78 is 13.2. The molecule has 3 aromatic carbocycles. The predicted molar refractivity (Wildman–Crippen MR) is 162 cm³/mol. The number of fused-ring (bicyclic) bond motifs is 1. The van der Waals surface area contributed by atoms with Crippen LogP contribution in [0.5, 0.6) is 0 Å². The first kappa shape index (κ1) is 28.4. The van der Waals surface area contributed by atoms with Crippen molar-refractivity contribution >= 4 is 28.4 Å². The summed E-state index contributed by atoms with van der Waals surface area (Å²) in [6.07, 6.45) is 3.70. The number of nitrogens with one attached hydrogen (secondary N) is 1. The van der Waals surface area contributed by atoms with E-state index in [9.17, 15) is 14.0 Å². The Labute approximate surface area is 241 Å². The lowest BCUT2D eigenvalue weighted by molar-refractivity contribution is -0.136. The van der Waals surface area contributed by atoms with Gasteiger partial charge in [0, 0.05) is 48.4 Å². The standard InChI is InChI=1S/C34H37FN4O2/c1-4-39(5-2)34(41)28-14-16-38(17-15-28)22-24-19-29-18-23(3)31(20-32(29)36-21-24)37-33(40)27-8-6-25(7-9-27)26-10-12-30(35)13-11-26/h6-13,18-21,28H,4-5,14-17,22H2,1-3H3,(H,37,40). The summed E-state index contributed by atoms with van der Waals surface area (Å²) in [7, 11) is 0. The van der Waals surface area contributed by atoms with E-state index >= 15 is 0 Å². The van der Waals surface area contributed by atoms with E-state index in [2.05, 4.69) is 22.3 Å². The van der Waals surface area contributed by atoms with Gasteiger partial charge < -0.3 is 10.2 Å². The van der Waals surface area contributed by atoms with Crippen molar-refractivity contribution < 1.29 is 14.0 Å². The number of aromatic nitrogens is 1. The highest BCUT2D eigenvalue weighted by atomic mass is 19.1. The Bertz CT molecular complexity index is 1520. The summed E-state index contributed by atoms with van der Waals surface area (Å²) in [5, 5.41) is 4.06. The van der Waals surface area contributed by atoms with Crippen molar-refractivity contribution in [2.24, 2.45) is 5.92 Å². The van der Waals surface area contributed by atoms with Crippen molar-refractivity contribution in [3.8, 4) is 11.1 Å². The molecule has 0 saturated carbocycles. The molecule has 1 saturated heterocycles. The summed E-state index contributed by atoms with van der Waals surface area (Å²) in [5.74, 6) is -0.0496. The Morgan fingerprint density at radius 3 is 2.22 bits per heavy atom. The molecule has 5 rings (SSSR count). The minimum atomic E-state index is -0.276. The molecule has 0 atom stereocenters. The topological polar surface area (TPSA) is 65.5 Å². The summed E-state index contributed by atoms with van der Waals surface area (Å²) >= 11 is 0. The molecule has 0 aliphatic carbocycles. The van der Waals surface area contributed by atoms with Gasteiger partial charge in [-0.3, -0.25) is 19.5 Å². The number of hydrogen-bond acceptors (Lipinski definition) is 4. The molecule has 1 fully saturated rings. The second kappa shape index (κ2) is 12.6. The summed E-state index contributed by atoms with van der Waals surface area (Å²) in [6, 6.07) is 19.7. The lowest BCUT2D eigenvalue weighted by atomic mass is 9.95. The lowest BCUT2D eigenvalue weighted by Gasteiger charge is -2.33. The number of pyridine rings is 1. The van der Waals surface area contributed by atoms with Gasteiger partial charge in [-0.05, 0) is 111 Å². The van der Waals surface area contributed by atoms with Crippen molar-refractivity contribution in [3.05, 3.63) is 95.4 Å². The molecular formula is C34H37FN4O2. The maximum absolute atomic E-state index is 13.2. The SMILES string of the molecule is CCN(CC)C(=O)C1CCN(Cc2cnc3cc(NC(=O)c4ccc(-c5ccc(F)cc5)cc4)c(C)cc3c2)CC1. The van der Waals surface area contributed by atoms with Crippen molar-refractivity contribution in [1.29, 1.82) is 0 Å². The number of hydrogen-bond donors (Lipinski definition) is 1. The molecule has 2 amide bonds. The van der Waals surface area contributed by atoms with E-state index < -0.39 is 0 Å². The number of aryl methyl sites for hydroxylation is 1. The third-order valence-corrected chi connectivity index (χ3v) is 8.07. The number of benzene rings is 3. The van der Waals surface area contributed by atoms with Crippen LogP contribution >= 0.6 is 0 Å². The third kappa shape index (κ3) is 6.63. The molecule has 7 heteroatoms. The van der Waals surface area contributed by atoms with Gasteiger partial charge in [0.1, 0.15) is 5.82 Å². The minimum Gasteiger partial charge on any atom is -0.343 e. The first-order valence-electron chi connectivity index (χ1n) is 14.4. The van der Waals surface area contributed by atoms with Crippen molar-refractivity contribution in [2.45, 2.75) is 40.2 Å². The van der Waals surface area contributed by atoms with Crippen LogP contribution in [0, 0.1) is 18.7 Å². The zero-order valence-electron chi connectivity index (χ0n) is 24.0. The van der Waals surface area contributed by atoms with Gasteiger partial charge in [-0.25, -0.2) is 4.39 Å². The van der Waals surface area contributed by atoms with Gasteiger partial charge in [0.25, 0.3) is 5.91 Å². The molecular weight excluding hydrogens is 515 g/mol. The van der Waals surface area contributed by atoms with Crippen LogP contribution in [-0.2, 0) is 11.3 Å². The van der Waals surface area contributed by atoms with E-state index in [0.717, 1.165) is 84.4 Å². The van der Waals surface area contributed by atoms with Crippen LogP contribution in [0.25, 0.3) is 22.0 Å². The van der Waals surface area contributed by atoms with Gasteiger partial charge >= 0.3 is 0 Å². The van der Waals surface area contributed by atoms with E-state index in [1.54, 1.807) is 24.3 Å². The largest absolute Gasteiger partial charge is 0.343 e. The number of amides is 2. The maximum Gasteiger partial charge on any atom is 0.255 e. The number of carbonyl (C=O) groups is 2. The Hall–Kier alpha value is -4.10. The highest BCUT2D eigenvalue weighted by Crippen LogP contribution is 2.26. The van der Waals surface area contributed by atoms with Crippen LogP contribution in [0.15, 0.2) is 72.9 Å². The van der Waals surface area contributed by atoms with E-state index in [1.807, 2.05) is 50.1 Å². The average Bonchev–Trinajstić information content (AvgIpc) is 2.99. The number of likely N-dealkylation sites (tertiary alicyclic amines) is 1. The van der Waals surface area contributed by atoms with Crippen LogP contribution in [0.1, 0.15) is 48.2 Å². The van der Waals surface area contributed by atoms with E-state index in [4.69, 9.17) is 4.98 Å². The minimum absolute atomic E-state index is 0.130. The fourth-order valence-electron chi connectivity index (χ4n) is 5.60. The van der Waals surface area contributed by atoms with Gasteiger partial charge in [-0.15, -0.1) is 0 Å². The Morgan fingerprint density at radius 2 is 1.59 bits per heavy atom. The molecule has 212 valence electrons. The number of rotatable bonds is 8. The summed E-state index contributed by atoms with van der Waals surface area (Å²) in [6.45, 7) is 10.2. The van der Waals surface area contributed by atoms with Gasteiger partial charge in [0.15, 0.2) is 0 Å². The molecule has 6 nitrogen and oxygen atoms in total. The highest BCUT2D eigenvalue weighted by Gasteiger charge is 2.27. The number of carbonyl (C=O) groups excluding carboxylic acids is 2. The van der Waals surface area contributed by atoms with Crippen LogP contribution in [0.2, 0.25) is 0 Å². The van der Waals surface area contributed by atoms with Gasteiger partial charge in [-0.2, -0.15) is 0 Å². The summed E-state index contributed by atoms with van der Waals surface area (Å²) in [5.41, 5.74) is 6.01. The zero-order chi connectivity index (χ0) is 28.9. The Kier molecular flexibility index (Phi) is 8.74. The van der Waals surface area contributed by atoms with Crippen LogP contribution in [0.4, 0.5) is 10.1 Å². The van der Waals surface area contributed by atoms with Crippen LogP contribution < -0.4 is 5.32 Å². The van der Waals surface area contributed by atoms with E-state index in [-0.39, 0.29) is 17.6 Å². The molecule has 0 spiro atoms. The van der Waals surface area contributed by atoms with Crippen molar-refractivity contribution in [3.63, 3.8) is 0 Å². The van der Waals surface area contributed by atoms with Crippen molar-refractivity contribution in [1.82, 2.24) is 14.8 Å². The Morgan fingerprint density at radius 1 is 0.951 bits per heavy atom. The quantitative estimate of drug-likeness (QED) is 0.265. The monoisotopic (exact) mass is 552 g/mol. The first-order valence-corrected chi connectivity index (χ1v) is 14.4. The average molecular weight is 553 g/mol. The number of nitrogens with zero attached hydrogens (tertiary/aromatic N) is 3. The van der Waals surface area contributed by atoms with Gasteiger partial charge in [-0.1, -0.05) is 24.3 Å². The second-order valence-corrected chi connectivity index (χ2v) is 10.8. The first-order chi connectivity index (χ1) is 19.8. The smallest absolute Gasteiger partial charge is 0.255 e. The number of piperidine rings is 1. The molecule has 1 aliphatic heterocycles. The molecule has 0 bridgehead atoms. The molecule has 2 heterocycles. The molecule has 0 radical (unpaired) electrons. The van der Waals surface area contributed by atoms with Gasteiger partial charge in [0.05, 0.1) is 5.52 Å². The molecule has 0 unspecified atom stereocenters. The van der Waals surface area contributed by atoms with Crippen molar-refractivity contribution in [2.75, 3.05) is 31.5 Å². The normalized spacial score (nSPS) is 14.2. The molecule has 4 aromatic rings. The highest BCUT2D eigenvalue weighted by molar-refractivity contribution is 6.05. The second-order valence-electron chi connectivity index (χ2n) is 10.8. The Balaban J connectivity index is 1.21. The number of halogens is 1. The molecule has 1 N–H and O–H groups in total. The van der Waals surface area contributed by atoms with E-state index in [0.29, 0.717) is 11.5 Å². The van der Waals surface area contributed by atoms with E-state index in [1.165, 1.54) is 12.1 Å². The predicted octanol–water partition coefficient (Wildman–Crippen LogP) is 6.68. The maximum atomic E-state index is 13.2. The number of anilines is 1. The van der Waals surface area contributed by atoms with Crippen LogP contribution in [0.3, 0.4) is 0 Å². The molecule has 1 aromatic heterocycles. The third-order valence-electron chi connectivity index (χ3n) is 8.07. The molecule has 41 heavy (non-hydrogen) atoms. The summed E-state index contributed by atoms with van der Waals surface area (Å²) in [4.78, 5) is 34.8.